The first kappa shape index (κ1) is 19.8. The van der Waals surface area contributed by atoms with Crippen LogP contribution in [0.2, 0.25) is 0 Å². The summed E-state index contributed by atoms with van der Waals surface area (Å²) in [5, 5.41) is 19.7. The molecule has 0 bridgehead atoms. The number of esters is 1. The van der Waals surface area contributed by atoms with E-state index in [0.717, 1.165) is 5.52 Å². The minimum atomic E-state index is -0.681. The quantitative estimate of drug-likeness (QED) is 0.358. The van der Waals surface area contributed by atoms with Crippen molar-refractivity contribution in [3.63, 3.8) is 0 Å². The van der Waals surface area contributed by atoms with Crippen molar-refractivity contribution in [2.45, 2.75) is 6.92 Å². The Balaban J connectivity index is 1.76. The molecule has 0 radical (unpaired) electrons. The number of aliphatic hydroxyl groups is 1. The summed E-state index contributed by atoms with van der Waals surface area (Å²) in [5.41, 5.74) is 1.50. The molecule has 29 heavy (non-hydrogen) atoms. The number of methoxy groups -OCH3 is 1. The maximum atomic E-state index is 12.3. The first-order valence-corrected chi connectivity index (χ1v) is 8.82. The molecule has 1 heterocycles. The lowest BCUT2D eigenvalue weighted by Crippen LogP contribution is -2.10. The third-order valence-corrected chi connectivity index (χ3v) is 4.07. The van der Waals surface area contributed by atoms with Gasteiger partial charge in [-0.15, -0.1) is 0 Å². The van der Waals surface area contributed by atoms with E-state index in [9.17, 15) is 15.2 Å². The topological polar surface area (TPSA) is 117 Å². The Labute approximate surface area is 167 Å². The van der Waals surface area contributed by atoms with Gasteiger partial charge in [-0.25, -0.2) is 9.78 Å². The van der Waals surface area contributed by atoms with Crippen LogP contribution >= 0.6 is 0 Å². The van der Waals surface area contributed by atoms with Crippen molar-refractivity contribution in [2.24, 2.45) is 0 Å². The molecule has 0 aliphatic rings. The zero-order valence-corrected chi connectivity index (χ0v) is 15.9. The fraction of sp³-hybridized carbons (Fsp3) is 0.190. The summed E-state index contributed by atoms with van der Waals surface area (Å²) in [4.78, 5) is 19.5. The van der Waals surface area contributed by atoms with Crippen molar-refractivity contribution >= 4 is 22.6 Å². The summed E-state index contributed by atoms with van der Waals surface area (Å²) in [7, 11) is 1.47. The summed E-state index contributed by atoms with van der Waals surface area (Å²) in [6.45, 7) is 1.82. The molecule has 0 saturated heterocycles. The second-order valence-electron chi connectivity index (χ2n) is 5.91. The minimum absolute atomic E-state index is 0.0988. The number of rotatable bonds is 7. The van der Waals surface area contributed by atoms with Crippen molar-refractivity contribution < 1.29 is 24.1 Å². The number of carbonyl (C=O) groups is 1. The molecule has 0 amide bonds. The standard InChI is InChI=1S/C21H19N3O5/c1-3-28-18-9-8-13(10-19(18)27-2)21(26)29-12-17(25)14(11-22)20-23-15-6-4-5-7-16(15)24-20/h4-10,25H,3,12H2,1-2H3,(H,23,24). The van der Waals surface area contributed by atoms with E-state index < -0.39 is 18.3 Å². The lowest BCUT2D eigenvalue weighted by molar-refractivity contribution is 0.0502. The average molecular weight is 393 g/mol. The van der Waals surface area contributed by atoms with Crippen molar-refractivity contribution in [3.8, 4) is 17.6 Å². The number of allylic oxidation sites excluding steroid dienone is 1. The van der Waals surface area contributed by atoms with Gasteiger partial charge >= 0.3 is 5.97 Å². The summed E-state index contributed by atoms with van der Waals surface area (Å²) in [6.07, 6.45) is 0. The van der Waals surface area contributed by atoms with Crippen LogP contribution < -0.4 is 9.47 Å². The van der Waals surface area contributed by atoms with Crippen molar-refractivity contribution in [1.82, 2.24) is 9.97 Å². The number of benzene rings is 2. The largest absolute Gasteiger partial charge is 0.507 e. The van der Waals surface area contributed by atoms with Crippen LogP contribution in [0.3, 0.4) is 0 Å². The summed E-state index contributed by atoms with van der Waals surface area (Å²) >= 11 is 0. The number of imidazole rings is 1. The van der Waals surface area contributed by atoms with Gasteiger partial charge in [0.25, 0.3) is 0 Å². The highest BCUT2D eigenvalue weighted by Crippen LogP contribution is 2.28. The van der Waals surface area contributed by atoms with Crippen LogP contribution in [-0.4, -0.2) is 41.4 Å². The van der Waals surface area contributed by atoms with Gasteiger partial charge in [-0.2, -0.15) is 5.26 Å². The van der Waals surface area contributed by atoms with E-state index in [0.29, 0.717) is 23.6 Å². The Morgan fingerprint density at radius 2 is 2.03 bits per heavy atom. The molecular weight excluding hydrogens is 374 g/mol. The van der Waals surface area contributed by atoms with Crippen LogP contribution in [0, 0.1) is 11.3 Å². The van der Waals surface area contributed by atoms with Gasteiger partial charge in [0.05, 0.1) is 30.3 Å². The molecule has 8 nitrogen and oxygen atoms in total. The number of hydrogen-bond acceptors (Lipinski definition) is 7. The van der Waals surface area contributed by atoms with Crippen molar-refractivity contribution in [1.29, 1.82) is 5.26 Å². The SMILES string of the molecule is CCOc1ccc(C(=O)OCC(O)=C(C#N)c2nc3ccccc3[nH]2)cc1OC. The summed E-state index contributed by atoms with van der Waals surface area (Å²) < 4.78 is 15.8. The Kier molecular flexibility index (Phi) is 6.00. The van der Waals surface area contributed by atoms with Gasteiger partial charge in [-0.1, -0.05) is 12.1 Å². The molecule has 2 N–H and O–H groups in total. The van der Waals surface area contributed by atoms with Crippen LogP contribution in [0.15, 0.2) is 48.2 Å². The number of nitrogens with one attached hydrogen (secondary N) is 1. The van der Waals surface area contributed by atoms with Crippen LogP contribution in [0.25, 0.3) is 16.6 Å². The Hall–Kier alpha value is -3.99. The Bertz CT molecular complexity index is 1080. The number of aromatic nitrogens is 2. The van der Waals surface area contributed by atoms with E-state index in [-0.39, 0.29) is 17.0 Å². The van der Waals surface area contributed by atoms with Crippen LogP contribution in [0.1, 0.15) is 23.1 Å². The van der Waals surface area contributed by atoms with Gasteiger partial charge < -0.3 is 24.3 Å². The minimum Gasteiger partial charge on any atom is -0.507 e. The molecule has 148 valence electrons. The second-order valence-corrected chi connectivity index (χ2v) is 5.91. The first-order chi connectivity index (χ1) is 14.1. The predicted octanol–water partition coefficient (Wildman–Crippen LogP) is 3.62. The van der Waals surface area contributed by atoms with Gasteiger partial charge in [-0.05, 0) is 37.3 Å². The van der Waals surface area contributed by atoms with Gasteiger partial charge in [-0.3, -0.25) is 0 Å². The van der Waals surface area contributed by atoms with Gasteiger partial charge in [0.15, 0.2) is 23.1 Å². The Morgan fingerprint density at radius 3 is 2.72 bits per heavy atom. The molecule has 0 aliphatic carbocycles. The molecule has 0 saturated carbocycles. The molecule has 3 rings (SSSR count). The fourth-order valence-corrected chi connectivity index (χ4v) is 2.68. The molecule has 3 aromatic rings. The second kappa shape index (κ2) is 8.80. The third kappa shape index (κ3) is 4.30. The van der Waals surface area contributed by atoms with Gasteiger partial charge in [0.2, 0.25) is 0 Å². The van der Waals surface area contributed by atoms with E-state index in [1.54, 1.807) is 18.2 Å². The first-order valence-electron chi connectivity index (χ1n) is 8.82. The molecule has 1 aromatic heterocycles. The number of aliphatic hydroxyl groups excluding tert-OH is 1. The maximum absolute atomic E-state index is 12.3. The van der Waals surface area contributed by atoms with Gasteiger partial charge in [0, 0.05) is 0 Å². The normalized spacial score (nSPS) is 11.5. The summed E-state index contributed by atoms with van der Waals surface area (Å²) in [5.74, 6) is 0.00888. The molecule has 0 spiro atoms. The molecule has 8 heteroatoms. The number of para-hydroxylation sites is 2. The average Bonchev–Trinajstić information content (AvgIpc) is 3.16. The van der Waals surface area contributed by atoms with Gasteiger partial charge in [0.1, 0.15) is 18.2 Å². The van der Waals surface area contributed by atoms with Crippen LogP contribution in [0.4, 0.5) is 0 Å². The van der Waals surface area contributed by atoms with Crippen LogP contribution in [-0.2, 0) is 4.74 Å². The number of nitriles is 1. The molecular formula is C21H19N3O5. The van der Waals surface area contributed by atoms with Crippen LogP contribution in [0.5, 0.6) is 11.5 Å². The van der Waals surface area contributed by atoms with E-state index in [2.05, 4.69) is 9.97 Å². The van der Waals surface area contributed by atoms with E-state index in [1.807, 2.05) is 25.1 Å². The maximum Gasteiger partial charge on any atom is 0.338 e. The molecule has 2 aromatic carbocycles. The molecule has 0 atom stereocenters. The number of fused-ring (bicyclic) bond motifs is 1. The van der Waals surface area contributed by atoms with E-state index in [4.69, 9.17) is 14.2 Å². The number of H-pyrrole nitrogens is 1. The number of ether oxygens (including phenoxy) is 3. The van der Waals surface area contributed by atoms with Crippen molar-refractivity contribution in [3.05, 3.63) is 59.6 Å². The monoisotopic (exact) mass is 393 g/mol. The highest BCUT2D eigenvalue weighted by Gasteiger charge is 2.17. The zero-order chi connectivity index (χ0) is 20.8. The number of carbonyl (C=O) groups excluding carboxylic acids is 1. The smallest absolute Gasteiger partial charge is 0.338 e. The fourth-order valence-electron chi connectivity index (χ4n) is 2.68. The summed E-state index contributed by atoms with van der Waals surface area (Å²) in [6, 6.07) is 13.7. The Morgan fingerprint density at radius 1 is 1.24 bits per heavy atom. The predicted molar refractivity (Wildman–Crippen MR) is 106 cm³/mol. The molecule has 0 aliphatic heterocycles. The number of aromatic amines is 1. The zero-order valence-electron chi connectivity index (χ0n) is 15.9. The van der Waals surface area contributed by atoms with Crippen molar-refractivity contribution in [2.75, 3.05) is 20.3 Å². The highest BCUT2D eigenvalue weighted by atomic mass is 16.5. The highest BCUT2D eigenvalue weighted by molar-refractivity contribution is 5.90. The van der Waals surface area contributed by atoms with E-state index in [1.165, 1.54) is 19.2 Å². The number of hydrogen-bond donors (Lipinski definition) is 2. The van der Waals surface area contributed by atoms with E-state index >= 15 is 0 Å². The molecule has 0 fully saturated rings. The lowest BCUT2D eigenvalue weighted by atomic mass is 10.2. The molecule has 0 unspecified atom stereocenters. The lowest BCUT2D eigenvalue weighted by Gasteiger charge is -2.11. The number of nitrogens with zero attached hydrogens (tertiary/aromatic N) is 2. The third-order valence-electron chi connectivity index (χ3n) is 4.07.